The molecule has 1 N–H and O–H groups in total. The Morgan fingerprint density at radius 1 is 1.62 bits per heavy atom. The highest BCUT2D eigenvalue weighted by Crippen LogP contribution is 2.04. The number of nitrogens with zero attached hydrogens (tertiary/aromatic N) is 2. The van der Waals surface area contributed by atoms with Crippen LogP contribution in [-0.2, 0) is 16.1 Å². The first kappa shape index (κ1) is 12.7. The van der Waals surface area contributed by atoms with E-state index in [1.807, 2.05) is 10.9 Å². The molecule has 1 rings (SSSR count). The van der Waals surface area contributed by atoms with Crippen LogP contribution in [0.4, 0.5) is 0 Å². The SMILES string of the molecule is CCOC(=O)CNCc1cnn(C(C)C)c1. The summed E-state index contributed by atoms with van der Waals surface area (Å²) in [6, 6.07) is 0.360. The Morgan fingerprint density at radius 2 is 2.38 bits per heavy atom. The van der Waals surface area contributed by atoms with E-state index in [4.69, 9.17) is 4.74 Å². The minimum atomic E-state index is -0.223. The van der Waals surface area contributed by atoms with Gasteiger partial charge in [-0.25, -0.2) is 0 Å². The molecule has 16 heavy (non-hydrogen) atoms. The van der Waals surface area contributed by atoms with Crippen LogP contribution in [-0.4, -0.2) is 28.9 Å². The molecule has 5 heteroatoms. The Hall–Kier alpha value is -1.36. The van der Waals surface area contributed by atoms with Gasteiger partial charge < -0.3 is 10.1 Å². The molecular weight excluding hydrogens is 206 g/mol. The van der Waals surface area contributed by atoms with E-state index in [1.54, 1.807) is 13.1 Å². The van der Waals surface area contributed by atoms with E-state index in [9.17, 15) is 4.79 Å². The first-order chi connectivity index (χ1) is 7.63. The summed E-state index contributed by atoms with van der Waals surface area (Å²) in [4.78, 5) is 11.0. The molecule has 0 bridgehead atoms. The largest absolute Gasteiger partial charge is 0.465 e. The molecule has 0 aliphatic rings. The highest BCUT2D eigenvalue weighted by molar-refractivity contribution is 5.71. The standard InChI is InChI=1S/C11H19N3O2/c1-4-16-11(15)7-12-5-10-6-13-14(8-10)9(2)3/h6,8-9,12H,4-5,7H2,1-3H3. The lowest BCUT2D eigenvalue weighted by Gasteiger charge is -2.04. The molecule has 1 aromatic rings. The van der Waals surface area contributed by atoms with Crippen molar-refractivity contribution in [3.8, 4) is 0 Å². The second kappa shape index (κ2) is 6.27. The summed E-state index contributed by atoms with van der Waals surface area (Å²) in [6.07, 6.45) is 3.78. The van der Waals surface area contributed by atoms with E-state index in [1.165, 1.54) is 0 Å². The van der Waals surface area contributed by atoms with Gasteiger partial charge in [0.05, 0.1) is 19.3 Å². The molecule has 0 spiro atoms. The fraction of sp³-hybridized carbons (Fsp3) is 0.636. The van der Waals surface area contributed by atoms with Gasteiger partial charge in [-0.15, -0.1) is 0 Å². The third-order valence-electron chi connectivity index (χ3n) is 2.09. The fourth-order valence-corrected chi connectivity index (χ4v) is 1.27. The summed E-state index contributed by atoms with van der Waals surface area (Å²) in [5, 5.41) is 7.22. The molecule has 1 aromatic heterocycles. The number of nitrogens with one attached hydrogen (secondary N) is 1. The maximum Gasteiger partial charge on any atom is 0.319 e. The summed E-state index contributed by atoms with van der Waals surface area (Å²) in [5.41, 5.74) is 1.07. The molecule has 0 radical (unpaired) electrons. The third-order valence-corrected chi connectivity index (χ3v) is 2.09. The van der Waals surface area contributed by atoms with Crippen LogP contribution in [0.25, 0.3) is 0 Å². The van der Waals surface area contributed by atoms with E-state index in [2.05, 4.69) is 24.3 Å². The molecule has 0 amide bonds. The van der Waals surface area contributed by atoms with Crippen molar-refractivity contribution in [2.24, 2.45) is 0 Å². The third kappa shape index (κ3) is 4.02. The van der Waals surface area contributed by atoms with Crippen LogP contribution in [0, 0.1) is 0 Å². The monoisotopic (exact) mass is 225 g/mol. The topological polar surface area (TPSA) is 56.1 Å². The van der Waals surface area contributed by atoms with Crippen LogP contribution in [0.2, 0.25) is 0 Å². The molecule has 0 unspecified atom stereocenters. The van der Waals surface area contributed by atoms with Gasteiger partial charge >= 0.3 is 5.97 Å². The average Bonchev–Trinajstić information content (AvgIpc) is 2.67. The molecule has 0 aliphatic carbocycles. The maximum atomic E-state index is 11.0. The second-order valence-electron chi connectivity index (χ2n) is 3.83. The van der Waals surface area contributed by atoms with Crippen molar-refractivity contribution in [3.63, 3.8) is 0 Å². The second-order valence-corrected chi connectivity index (χ2v) is 3.83. The minimum Gasteiger partial charge on any atom is -0.465 e. The number of hydrogen-bond donors (Lipinski definition) is 1. The zero-order chi connectivity index (χ0) is 12.0. The molecule has 0 aromatic carbocycles. The van der Waals surface area contributed by atoms with Gasteiger partial charge in [-0.1, -0.05) is 0 Å². The molecule has 90 valence electrons. The molecule has 0 saturated carbocycles. The zero-order valence-electron chi connectivity index (χ0n) is 10.1. The van der Waals surface area contributed by atoms with Crippen molar-refractivity contribution >= 4 is 5.97 Å². The molecule has 5 nitrogen and oxygen atoms in total. The quantitative estimate of drug-likeness (QED) is 0.737. The number of carbonyl (C=O) groups excluding carboxylic acids is 1. The summed E-state index contributed by atoms with van der Waals surface area (Å²) >= 11 is 0. The number of aromatic nitrogens is 2. The molecule has 0 saturated heterocycles. The van der Waals surface area contributed by atoms with Gasteiger partial charge in [0.15, 0.2) is 0 Å². The zero-order valence-corrected chi connectivity index (χ0v) is 10.1. The van der Waals surface area contributed by atoms with Gasteiger partial charge in [-0.05, 0) is 20.8 Å². The van der Waals surface area contributed by atoms with E-state index in [0.29, 0.717) is 19.2 Å². The lowest BCUT2D eigenvalue weighted by molar-refractivity contribution is -0.142. The molecule has 0 aliphatic heterocycles. The Bertz CT molecular complexity index is 334. The van der Waals surface area contributed by atoms with Crippen LogP contribution >= 0.6 is 0 Å². The van der Waals surface area contributed by atoms with Gasteiger partial charge in [0, 0.05) is 24.3 Å². The first-order valence-electron chi connectivity index (χ1n) is 5.52. The molecule has 1 heterocycles. The van der Waals surface area contributed by atoms with Crippen LogP contribution < -0.4 is 5.32 Å². The Balaban J connectivity index is 2.29. The van der Waals surface area contributed by atoms with Gasteiger partial charge in [-0.3, -0.25) is 9.48 Å². The number of hydrogen-bond acceptors (Lipinski definition) is 4. The fourth-order valence-electron chi connectivity index (χ4n) is 1.27. The lowest BCUT2D eigenvalue weighted by Crippen LogP contribution is -2.24. The van der Waals surface area contributed by atoms with Crippen LogP contribution in [0.5, 0.6) is 0 Å². The normalized spacial score (nSPS) is 10.8. The van der Waals surface area contributed by atoms with Crippen molar-refractivity contribution in [1.29, 1.82) is 0 Å². The van der Waals surface area contributed by atoms with E-state index in [0.717, 1.165) is 5.56 Å². The summed E-state index contributed by atoms with van der Waals surface area (Å²) < 4.78 is 6.69. The van der Waals surface area contributed by atoms with Gasteiger partial charge in [0.25, 0.3) is 0 Å². The van der Waals surface area contributed by atoms with Crippen LogP contribution in [0.3, 0.4) is 0 Å². The highest BCUT2D eigenvalue weighted by atomic mass is 16.5. The maximum absolute atomic E-state index is 11.0. The number of ether oxygens (including phenoxy) is 1. The van der Waals surface area contributed by atoms with Crippen molar-refractivity contribution in [3.05, 3.63) is 18.0 Å². The average molecular weight is 225 g/mol. The Morgan fingerprint density at radius 3 is 2.94 bits per heavy atom. The summed E-state index contributed by atoms with van der Waals surface area (Å²) in [5.74, 6) is -0.223. The highest BCUT2D eigenvalue weighted by Gasteiger charge is 2.03. The van der Waals surface area contributed by atoms with Crippen molar-refractivity contribution in [1.82, 2.24) is 15.1 Å². The Kier molecular flexibility index (Phi) is 4.98. The van der Waals surface area contributed by atoms with Crippen LogP contribution in [0.15, 0.2) is 12.4 Å². The van der Waals surface area contributed by atoms with Gasteiger partial charge in [0.1, 0.15) is 0 Å². The molecule has 0 fully saturated rings. The van der Waals surface area contributed by atoms with Crippen molar-refractivity contribution in [2.45, 2.75) is 33.4 Å². The lowest BCUT2D eigenvalue weighted by atomic mass is 10.3. The smallest absolute Gasteiger partial charge is 0.319 e. The molecule has 0 atom stereocenters. The summed E-state index contributed by atoms with van der Waals surface area (Å²) in [7, 11) is 0. The number of carbonyl (C=O) groups is 1. The van der Waals surface area contributed by atoms with Gasteiger partial charge in [0.2, 0.25) is 0 Å². The van der Waals surface area contributed by atoms with Crippen LogP contribution in [0.1, 0.15) is 32.4 Å². The van der Waals surface area contributed by atoms with Gasteiger partial charge in [-0.2, -0.15) is 5.10 Å². The number of esters is 1. The van der Waals surface area contributed by atoms with E-state index >= 15 is 0 Å². The Labute approximate surface area is 95.8 Å². The molecular formula is C11H19N3O2. The van der Waals surface area contributed by atoms with E-state index < -0.39 is 0 Å². The minimum absolute atomic E-state index is 0.223. The first-order valence-corrected chi connectivity index (χ1v) is 5.52. The summed E-state index contributed by atoms with van der Waals surface area (Å²) in [6.45, 7) is 7.23. The van der Waals surface area contributed by atoms with E-state index in [-0.39, 0.29) is 12.5 Å². The van der Waals surface area contributed by atoms with Crippen molar-refractivity contribution in [2.75, 3.05) is 13.2 Å². The number of rotatable bonds is 6. The predicted molar refractivity (Wildman–Crippen MR) is 61.0 cm³/mol. The van der Waals surface area contributed by atoms with Crippen molar-refractivity contribution < 1.29 is 9.53 Å². The predicted octanol–water partition coefficient (Wildman–Crippen LogP) is 1.12.